The Morgan fingerprint density at radius 1 is 1.17 bits per heavy atom. The van der Waals surface area contributed by atoms with Crippen LogP contribution in [0.5, 0.6) is 5.75 Å². The zero-order chi connectivity index (χ0) is 16.8. The summed E-state index contributed by atoms with van der Waals surface area (Å²) >= 11 is 5.73. The molecule has 1 amide bonds. The Morgan fingerprint density at radius 2 is 1.87 bits per heavy atom. The van der Waals surface area contributed by atoms with Crippen LogP contribution in [-0.4, -0.2) is 25.6 Å². The molecule has 0 saturated carbocycles. The first-order valence-corrected chi connectivity index (χ1v) is 6.93. The second-order valence-electron chi connectivity index (χ2n) is 4.48. The molecule has 0 saturated heterocycles. The van der Waals surface area contributed by atoms with E-state index in [4.69, 9.17) is 21.1 Å². The maximum Gasteiger partial charge on any atom is 0.338 e. The standard InChI is InChI=1S/C16H13ClFNO4/c1-22-14-7-2-10(8-13(14)18)16(21)23-9-15(20)19-12-5-3-11(17)4-6-12/h2-8H,9H2,1H3,(H,19,20). The van der Waals surface area contributed by atoms with Crippen molar-refractivity contribution in [3.05, 3.63) is 58.9 Å². The van der Waals surface area contributed by atoms with Gasteiger partial charge in [0.05, 0.1) is 12.7 Å². The van der Waals surface area contributed by atoms with Crippen LogP contribution in [-0.2, 0) is 9.53 Å². The largest absolute Gasteiger partial charge is 0.494 e. The number of carbonyl (C=O) groups is 2. The summed E-state index contributed by atoms with van der Waals surface area (Å²) in [4.78, 5) is 23.5. The van der Waals surface area contributed by atoms with Gasteiger partial charge >= 0.3 is 5.97 Å². The van der Waals surface area contributed by atoms with Crippen LogP contribution >= 0.6 is 11.6 Å². The third-order valence-corrected chi connectivity index (χ3v) is 3.10. The molecule has 7 heteroatoms. The van der Waals surface area contributed by atoms with Gasteiger partial charge in [-0.15, -0.1) is 0 Å². The van der Waals surface area contributed by atoms with E-state index < -0.39 is 24.3 Å². The number of ether oxygens (including phenoxy) is 2. The molecule has 0 fully saturated rings. The molecular formula is C16H13ClFNO4. The van der Waals surface area contributed by atoms with E-state index in [1.54, 1.807) is 24.3 Å². The topological polar surface area (TPSA) is 64.6 Å². The van der Waals surface area contributed by atoms with Crippen molar-refractivity contribution in [3.63, 3.8) is 0 Å². The maximum atomic E-state index is 13.5. The van der Waals surface area contributed by atoms with Crippen molar-refractivity contribution in [2.24, 2.45) is 0 Å². The van der Waals surface area contributed by atoms with Crippen LogP contribution in [0.1, 0.15) is 10.4 Å². The fourth-order valence-corrected chi connectivity index (χ4v) is 1.86. The average molecular weight is 338 g/mol. The Kier molecular flexibility index (Phi) is 5.54. The molecule has 0 spiro atoms. The third kappa shape index (κ3) is 4.69. The summed E-state index contributed by atoms with van der Waals surface area (Å²) in [6, 6.07) is 10.1. The van der Waals surface area contributed by atoms with Gasteiger partial charge in [-0.25, -0.2) is 9.18 Å². The van der Waals surface area contributed by atoms with Gasteiger partial charge in [0, 0.05) is 10.7 Å². The molecule has 0 heterocycles. The lowest BCUT2D eigenvalue weighted by molar-refractivity contribution is -0.119. The molecule has 0 atom stereocenters. The Labute approximate surface area is 137 Å². The minimum Gasteiger partial charge on any atom is -0.494 e. The molecule has 0 aliphatic carbocycles. The highest BCUT2D eigenvalue weighted by molar-refractivity contribution is 6.30. The van der Waals surface area contributed by atoms with E-state index in [0.29, 0.717) is 10.7 Å². The van der Waals surface area contributed by atoms with Crippen molar-refractivity contribution < 1.29 is 23.5 Å². The van der Waals surface area contributed by atoms with Crippen LogP contribution in [0.3, 0.4) is 0 Å². The van der Waals surface area contributed by atoms with Crippen LogP contribution in [0.4, 0.5) is 10.1 Å². The third-order valence-electron chi connectivity index (χ3n) is 2.85. The highest BCUT2D eigenvalue weighted by Crippen LogP contribution is 2.18. The van der Waals surface area contributed by atoms with E-state index in [1.807, 2.05) is 0 Å². The Balaban J connectivity index is 1.89. The van der Waals surface area contributed by atoms with Crippen molar-refractivity contribution in [1.82, 2.24) is 0 Å². The molecule has 23 heavy (non-hydrogen) atoms. The second-order valence-corrected chi connectivity index (χ2v) is 4.92. The van der Waals surface area contributed by atoms with Crippen molar-refractivity contribution in [3.8, 4) is 5.75 Å². The van der Waals surface area contributed by atoms with Crippen molar-refractivity contribution in [1.29, 1.82) is 0 Å². The monoisotopic (exact) mass is 337 g/mol. The van der Waals surface area contributed by atoms with Crippen LogP contribution in [0.15, 0.2) is 42.5 Å². The number of methoxy groups -OCH3 is 1. The molecule has 5 nitrogen and oxygen atoms in total. The van der Waals surface area contributed by atoms with E-state index in [1.165, 1.54) is 19.2 Å². The first kappa shape index (κ1) is 16.8. The maximum absolute atomic E-state index is 13.5. The van der Waals surface area contributed by atoms with Gasteiger partial charge in [-0.1, -0.05) is 11.6 Å². The molecule has 0 unspecified atom stereocenters. The summed E-state index contributed by atoms with van der Waals surface area (Å²) in [6.07, 6.45) is 0. The molecule has 0 aliphatic rings. The minimum absolute atomic E-state index is 0.0115. The first-order valence-electron chi connectivity index (χ1n) is 6.55. The van der Waals surface area contributed by atoms with Crippen molar-refractivity contribution in [2.75, 3.05) is 19.0 Å². The van der Waals surface area contributed by atoms with Gasteiger partial charge in [0.25, 0.3) is 5.91 Å². The van der Waals surface area contributed by atoms with Crippen LogP contribution in [0, 0.1) is 5.82 Å². The first-order chi connectivity index (χ1) is 11.0. The zero-order valence-corrected chi connectivity index (χ0v) is 12.9. The quantitative estimate of drug-likeness (QED) is 0.850. The van der Waals surface area contributed by atoms with Gasteiger partial charge in [-0.2, -0.15) is 0 Å². The summed E-state index contributed by atoms with van der Waals surface area (Å²) in [5.74, 6) is -2.00. The SMILES string of the molecule is COc1ccc(C(=O)OCC(=O)Nc2ccc(Cl)cc2)cc1F. The van der Waals surface area contributed by atoms with Gasteiger partial charge in [0.15, 0.2) is 18.2 Å². The molecule has 2 aromatic rings. The Hall–Kier alpha value is -2.60. The molecule has 0 aliphatic heterocycles. The molecule has 2 rings (SSSR count). The van der Waals surface area contributed by atoms with E-state index in [9.17, 15) is 14.0 Å². The second kappa shape index (κ2) is 7.60. The average Bonchev–Trinajstić information content (AvgIpc) is 2.54. The number of amides is 1. The zero-order valence-electron chi connectivity index (χ0n) is 12.1. The fourth-order valence-electron chi connectivity index (χ4n) is 1.74. The Morgan fingerprint density at radius 3 is 2.48 bits per heavy atom. The van der Waals surface area contributed by atoms with Gasteiger partial charge in [-0.05, 0) is 42.5 Å². The number of hydrogen-bond donors (Lipinski definition) is 1. The van der Waals surface area contributed by atoms with Gasteiger partial charge in [0.2, 0.25) is 0 Å². The lowest BCUT2D eigenvalue weighted by Crippen LogP contribution is -2.21. The van der Waals surface area contributed by atoms with E-state index in [2.05, 4.69) is 5.32 Å². The smallest absolute Gasteiger partial charge is 0.338 e. The van der Waals surface area contributed by atoms with Crippen LogP contribution < -0.4 is 10.1 Å². The molecule has 0 aromatic heterocycles. The number of halogens is 2. The molecule has 2 aromatic carbocycles. The van der Waals surface area contributed by atoms with E-state index in [-0.39, 0.29) is 11.3 Å². The van der Waals surface area contributed by atoms with Crippen molar-refractivity contribution >= 4 is 29.2 Å². The number of carbonyl (C=O) groups excluding carboxylic acids is 2. The van der Waals surface area contributed by atoms with Gasteiger partial charge in [-0.3, -0.25) is 4.79 Å². The number of rotatable bonds is 5. The lowest BCUT2D eigenvalue weighted by Gasteiger charge is -2.07. The van der Waals surface area contributed by atoms with Crippen LogP contribution in [0.25, 0.3) is 0 Å². The molecule has 1 N–H and O–H groups in total. The number of hydrogen-bond acceptors (Lipinski definition) is 4. The molecule has 0 radical (unpaired) electrons. The minimum atomic E-state index is -0.808. The Bertz CT molecular complexity index is 719. The van der Waals surface area contributed by atoms with Crippen molar-refractivity contribution in [2.45, 2.75) is 0 Å². The number of esters is 1. The normalized spacial score (nSPS) is 10.0. The molecule has 120 valence electrons. The molecule has 0 bridgehead atoms. The summed E-state index contributed by atoms with van der Waals surface area (Å²) in [5.41, 5.74) is 0.508. The summed E-state index contributed by atoms with van der Waals surface area (Å²) in [5, 5.41) is 3.07. The van der Waals surface area contributed by atoms with Gasteiger partial charge in [0.1, 0.15) is 0 Å². The number of benzene rings is 2. The predicted octanol–water partition coefficient (Wildman–Crippen LogP) is 3.28. The number of anilines is 1. The van der Waals surface area contributed by atoms with Gasteiger partial charge < -0.3 is 14.8 Å². The van der Waals surface area contributed by atoms with Crippen LogP contribution in [0.2, 0.25) is 5.02 Å². The van der Waals surface area contributed by atoms with E-state index >= 15 is 0 Å². The predicted molar refractivity (Wildman–Crippen MR) is 83.3 cm³/mol. The summed E-state index contributed by atoms with van der Waals surface area (Å²) in [6.45, 7) is -0.491. The number of nitrogens with one attached hydrogen (secondary N) is 1. The lowest BCUT2D eigenvalue weighted by atomic mass is 10.2. The fraction of sp³-hybridized carbons (Fsp3) is 0.125. The highest BCUT2D eigenvalue weighted by atomic mass is 35.5. The summed E-state index contributed by atoms with van der Waals surface area (Å²) in [7, 11) is 1.32. The van der Waals surface area contributed by atoms with E-state index in [0.717, 1.165) is 6.07 Å². The summed E-state index contributed by atoms with van der Waals surface area (Å²) < 4.78 is 23.1. The highest BCUT2D eigenvalue weighted by Gasteiger charge is 2.13. The molecular weight excluding hydrogens is 325 g/mol.